The third-order valence-corrected chi connectivity index (χ3v) is 7.68. The topological polar surface area (TPSA) is 78.5 Å². The molecule has 8 heteroatoms. The normalized spacial score (nSPS) is 19.3. The van der Waals surface area contributed by atoms with Crippen molar-refractivity contribution in [2.24, 2.45) is 0 Å². The lowest BCUT2D eigenvalue weighted by Gasteiger charge is -2.46. The monoisotopic (exact) mass is 502 g/mol. The number of carbonyl (C=O) groups is 1. The first kappa shape index (κ1) is 23.5. The van der Waals surface area contributed by atoms with Crippen molar-refractivity contribution >= 4 is 5.91 Å². The number of carbonyl (C=O) groups excluding carboxylic acids is 1. The van der Waals surface area contributed by atoms with Crippen LogP contribution in [0.25, 0.3) is 0 Å². The number of ether oxygens (including phenoxy) is 5. The van der Waals surface area contributed by atoms with Crippen LogP contribution in [0, 0.1) is 0 Å². The minimum Gasteiger partial charge on any atom is -0.497 e. The van der Waals surface area contributed by atoms with Crippen molar-refractivity contribution in [3.63, 3.8) is 0 Å². The van der Waals surface area contributed by atoms with Crippen LogP contribution in [0.5, 0.6) is 28.7 Å². The van der Waals surface area contributed by atoms with Gasteiger partial charge in [0.05, 0.1) is 21.3 Å². The van der Waals surface area contributed by atoms with Crippen LogP contribution in [0.3, 0.4) is 0 Å². The van der Waals surface area contributed by atoms with Gasteiger partial charge >= 0.3 is 0 Å². The molecule has 0 saturated carbocycles. The van der Waals surface area contributed by atoms with Gasteiger partial charge in [-0.05, 0) is 65.6 Å². The van der Waals surface area contributed by atoms with E-state index in [1.54, 1.807) is 45.6 Å². The van der Waals surface area contributed by atoms with E-state index in [0.717, 1.165) is 47.9 Å². The summed E-state index contributed by atoms with van der Waals surface area (Å²) in [6, 6.07) is 15.5. The summed E-state index contributed by atoms with van der Waals surface area (Å²) in [5, 5.41) is 3.19. The van der Waals surface area contributed by atoms with Crippen LogP contribution >= 0.6 is 0 Å². The number of benzene rings is 3. The number of rotatable bonds is 6. The van der Waals surface area contributed by atoms with Crippen LogP contribution in [0.15, 0.2) is 48.5 Å². The Bertz CT molecular complexity index is 1340. The third kappa shape index (κ3) is 4.01. The maximum atomic E-state index is 13.1. The Labute approximate surface area is 216 Å². The maximum absolute atomic E-state index is 13.1. The van der Waals surface area contributed by atoms with Gasteiger partial charge < -0.3 is 29.0 Å². The Hall–Kier alpha value is -3.91. The number of nitrogens with zero attached hydrogens (tertiary/aromatic N) is 1. The highest BCUT2D eigenvalue weighted by Crippen LogP contribution is 2.51. The first-order chi connectivity index (χ1) is 18.1. The molecule has 1 N–H and O–H groups in total. The molecule has 0 bridgehead atoms. The fraction of sp³-hybridized carbons (Fsp3) is 0.345. The van der Waals surface area contributed by atoms with Gasteiger partial charge in [-0.1, -0.05) is 6.07 Å². The van der Waals surface area contributed by atoms with Crippen LogP contribution in [0.2, 0.25) is 0 Å². The van der Waals surface area contributed by atoms with Crippen LogP contribution < -0.4 is 29.0 Å². The summed E-state index contributed by atoms with van der Waals surface area (Å²) >= 11 is 0. The lowest BCUT2D eigenvalue weighted by Crippen LogP contribution is -2.45. The molecule has 6 rings (SSSR count). The van der Waals surface area contributed by atoms with E-state index in [4.69, 9.17) is 23.7 Å². The molecule has 3 aliphatic rings. The largest absolute Gasteiger partial charge is 0.497 e. The van der Waals surface area contributed by atoms with E-state index in [2.05, 4.69) is 28.4 Å². The number of amides is 1. The number of nitrogens with one attached hydrogen (secondary N) is 1. The van der Waals surface area contributed by atoms with Gasteiger partial charge in [0, 0.05) is 42.7 Å². The highest BCUT2D eigenvalue weighted by atomic mass is 16.7. The average Bonchev–Trinajstić information content (AvgIpc) is 3.40. The number of fused-ring (bicyclic) bond motifs is 5. The highest BCUT2D eigenvalue weighted by molar-refractivity contribution is 5.94. The molecule has 0 aromatic heterocycles. The zero-order valence-electron chi connectivity index (χ0n) is 21.2. The Morgan fingerprint density at radius 2 is 1.76 bits per heavy atom. The van der Waals surface area contributed by atoms with Crippen molar-refractivity contribution in [2.75, 3.05) is 41.2 Å². The molecule has 2 unspecified atom stereocenters. The van der Waals surface area contributed by atoms with E-state index < -0.39 is 0 Å². The molecule has 3 aromatic rings. The summed E-state index contributed by atoms with van der Waals surface area (Å²) in [6.45, 7) is 2.33. The van der Waals surface area contributed by atoms with Crippen molar-refractivity contribution in [1.82, 2.24) is 10.2 Å². The lowest BCUT2D eigenvalue weighted by molar-refractivity contribution is 0.0924. The molecular weight excluding hydrogens is 472 g/mol. The molecular formula is C29H30N2O6. The summed E-state index contributed by atoms with van der Waals surface area (Å²) < 4.78 is 28.0. The first-order valence-electron chi connectivity index (χ1n) is 12.4. The van der Waals surface area contributed by atoms with Gasteiger partial charge in [-0.2, -0.15) is 0 Å². The summed E-state index contributed by atoms with van der Waals surface area (Å²) in [5.41, 5.74) is 5.33. The molecule has 1 amide bonds. The van der Waals surface area contributed by atoms with Gasteiger partial charge in [-0.3, -0.25) is 9.69 Å². The molecule has 0 aliphatic carbocycles. The predicted molar refractivity (Wildman–Crippen MR) is 137 cm³/mol. The predicted octanol–water partition coefficient (Wildman–Crippen LogP) is 4.07. The molecule has 3 aliphatic heterocycles. The van der Waals surface area contributed by atoms with Crippen LogP contribution in [0.1, 0.15) is 44.6 Å². The molecule has 0 fully saturated rings. The summed E-state index contributed by atoms with van der Waals surface area (Å²) in [5.74, 6) is 3.63. The van der Waals surface area contributed by atoms with E-state index in [1.807, 2.05) is 6.07 Å². The van der Waals surface area contributed by atoms with Crippen molar-refractivity contribution in [3.05, 3.63) is 76.3 Å². The van der Waals surface area contributed by atoms with E-state index in [9.17, 15) is 4.79 Å². The minimum absolute atomic E-state index is 0.00910. The Morgan fingerprint density at radius 3 is 2.49 bits per heavy atom. The van der Waals surface area contributed by atoms with Gasteiger partial charge in [0.25, 0.3) is 5.91 Å². The van der Waals surface area contributed by atoms with Crippen LogP contribution in [-0.2, 0) is 13.0 Å². The third-order valence-electron chi connectivity index (χ3n) is 7.68. The zero-order chi connectivity index (χ0) is 25.5. The van der Waals surface area contributed by atoms with Crippen molar-refractivity contribution in [1.29, 1.82) is 0 Å². The molecule has 2 atom stereocenters. The number of hydrogen-bond donors (Lipinski definition) is 1. The second kappa shape index (κ2) is 9.52. The highest BCUT2D eigenvalue weighted by Gasteiger charge is 2.42. The standard InChI is InChI=1S/C29H30N2O6/c1-33-19-6-4-17(5-7-19)29(32)30-14-22-20-8-9-24(34-2)28(35-3)23(20)15-31-11-10-18-12-25-26(37-16-36-25)13-21(18)27(22)31/h4-9,12-13,22,27H,10-11,14-16H2,1-3H3,(H,30,32). The number of methoxy groups -OCH3 is 3. The van der Waals surface area contributed by atoms with Gasteiger partial charge in [0.2, 0.25) is 6.79 Å². The fourth-order valence-corrected chi connectivity index (χ4v) is 5.90. The maximum Gasteiger partial charge on any atom is 0.251 e. The molecule has 192 valence electrons. The van der Waals surface area contributed by atoms with Gasteiger partial charge in [-0.25, -0.2) is 0 Å². The Balaban J connectivity index is 1.39. The van der Waals surface area contributed by atoms with E-state index >= 15 is 0 Å². The molecule has 0 radical (unpaired) electrons. The molecule has 0 saturated heterocycles. The fourth-order valence-electron chi connectivity index (χ4n) is 5.90. The van der Waals surface area contributed by atoms with Crippen LogP contribution in [-0.4, -0.2) is 52.0 Å². The lowest BCUT2D eigenvalue weighted by atomic mass is 9.76. The summed E-state index contributed by atoms with van der Waals surface area (Å²) in [4.78, 5) is 15.6. The molecule has 3 heterocycles. The van der Waals surface area contributed by atoms with E-state index in [-0.39, 0.29) is 24.7 Å². The Morgan fingerprint density at radius 1 is 0.973 bits per heavy atom. The molecule has 3 aromatic carbocycles. The minimum atomic E-state index is -0.122. The van der Waals surface area contributed by atoms with E-state index in [1.165, 1.54) is 11.1 Å². The molecule has 37 heavy (non-hydrogen) atoms. The quantitative estimate of drug-likeness (QED) is 0.545. The molecule has 0 spiro atoms. The first-order valence-corrected chi connectivity index (χ1v) is 12.4. The van der Waals surface area contributed by atoms with Gasteiger partial charge in [-0.15, -0.1) is 0 Å². The van der Waals surface area contributed by atoms with Crippen molar-refractivity contribution in [3.8, 4) is 28.7 Å². The van der Waals surface area contributed by atoms with Crippen LogP contribution in [0.4, 0.5) is 0 Å². The summed E-state index contributed by atoms with van der Waals surface area (Å²) in [7, 11) is 4.94. The summed E-state index contributed by atoms with van der Waals surface area (Å²) in [6.07, 6.45) is 0.912. The molecule has 8 nitrogen and oxygen atoms in total. The van der Waals surface area contributed by atoms with Gasteiger partial charge in [0.1, 0.15) is 5.75 Å². The second-order valence-corrected chi connectivity index (χ2v) is 9.48. The second-order valence-electron chi connectivity index (χ2n) is 9.48. The van der Waals surface area contributed by atoms with Crippen molar-refractivity contribution < 1.29 is 28.5 Å². The Kier molecular flexibility index (Phi) is 6.04. The zero-order valence-corrected chi connectivity index (χ0v) is 21.2. The van der Waals surface area contributed by atoms with Crippen molar-refractivity contribution in [2.45, 2.75) is 24.9 Å². The SMILES string of the molecule is COc1ccc(C(=O)NCC2c3ccc(OC)c(OC)c3CN3CCc4cc5c(cc4C23)OCO5)cc1. The smallest absolute Gasteiger partial charge is 0.251 e. The van der Waals surface area contributed by atoms with E-state index in [0.29, 0.717) is 23.6 Å². The average molecular weight is 503 g/mol. The number of hydrogen-bond acceptors (Lipinski definition) is 7. The van der Waals surface area contributed by atoms with Gasteiger partial charge in [0.15, 0.2) is 23.0 Å².